The molecule has 2 aromatic rings. The molecule has 0 aliphatic carbocycles. The first-order chi connectivity index (χ1) is 9.86. The highest BCUT2D eigenvalue weighted by atomic mass is 16.1. The quantitative estimate of drug-likeness (QED) is 0.894. The van der Waals surface area contributed by atoms with Crippen molar-refractivity contribution in [1.82, 2.24) is 19.9 Å². The van der Waals surface area contributed by atoms with Crippen molar-refractivity contribution >= 4 is 11.7 Å². The van der Waals surface area contributed by atoms with Crippen molar-refractivity contribution < 1.29 is 4.79 Å². The van der Waals surface area contributed by atoms with Gasteiger partial charge in [0, 0.05) is 42.2 Å². The van der Waals surface area contributed by atoms with Gasteiger partial charge in [0.15, 0.2) is 0 Å². The fourth-order valence-electron chi connectivity index (χ4n) is 1.89. The van der Waals surface area contributed by atoms with Gasteiger partial charge < -0.3 is 15.6 Å². The van der Waals surface area contributed by atoms with Gasteiger partial charge in [-0.05, 0) is 12.1 Å². The number of imidazole rings is 1. The smallest absolute Gasteiger partial charge is 0.251 e. The van der Waals surface area contributed by atoms with Crippen molar-refractivity contribution in [1.29, 1.82) is 0 Å². The normalized spacial score (nSPS) is 11.4. The number of carbonyl (C=O) groups excluding carboxylic acids is 1. The maximum atomic E-state index is 12.2. The average Bonchev–Trinajstić information content (AvgIpc) is 2.90. The summed E-state index contributed by atoms with van der Waals surface area (Å²) in [5, 5.41) is 2.87. The predicted molar refractivity (Wildman–Crippen MR) is 81.9 cm³/mol. The fraction of sp³-hybridized carbons (Fsp3) is 0.400. The Morgan fingerprint density at radius 2 is 2.14 bits per heavy atom. The van der Waals surface area contributed by atoms with E-state index in [2.05, 4.69) is 15.3 Å². The van der Waals surface area contributed by atoms with Crippen LogP contribution >= 0.6 is 0 Å². The van der Waals surface area contributed by atoms with Gasteiger partial charge in [-0.3, -0.25) is 4.79 Å². The number of nitrogens with zero attached hydrogens (tertiary/aromatic N) is 3. The third kappa shape index (κ3) is 4.05. The Morgan fingerprint density at radius 3 is 2.76 bits per heavy atom. The summed E-state index contributed by atoms with van der Waals surface area (Å²) in [6.07, 6.45) is 5.28. The lowest BCUT2D eigenvalue weighted by Crippen LogP contribution is -2.28. The molecule has 3 N–H and O–H groups in total. The molecule has 6 heteroatoms. The van der Waals surface area contributed by atoms with Gasteiger partial charge in [0.2, 0.25) is 0 Å². The summed E-state index contributed by atoms with van der Waals surface area (Å²) in [4.78, 5) is 20.4. The first kappa shape index (κ1) is 15.0. The van der Waals surface area contributed by atoms with Gasteiger partial charge in [0.1, 0.15) is 5.82 Å². The number of hydrogen-bond donors (Lipinski definition) is 2. The summed E-state index contributed by atoms with van der Waals surface area (Å²) in [7, 11) is 0. The molecule has 0 aliphatic rings. The lowest BCUT2D eigenvalue weighted by molar-refractivity contribution is 0.0952. The molecule has 1 amide bonds. The van der Waals surface area contributed by atoms with Crippen LogP contribution < -0.4 is 11.1 Å². The third-order valence-corrected chi connectivity index (χ3v) is 3.09. The number of nitrogen functional groups attached to an aromatic ring is 1. The zero-order chi connectivity index (χ0) is 15.5. The van der Waals surface area contributed by atoms with E-state index >= 15 is 0 Å². The monoisotopic (exact) mass is 287 g/mol. The van der Waals surface area contributed by atoms with Gasteiger partial charge >= 0.3 is 0 Å². The summed E-state index contributed by atoms with van der Waals surface area (Å²) in [6.45, 7) is 7.32. The molecule has 0 radical (unpaired) electrons. The number of hydrogen-bond acceptors (Lipinski definition) is 4. The van der Waals surface area contributed by atoms with Crippen LogP contribution in [0.1, 0.15) is 36.8 Å². The van der Waals surface area contributed by atoms with Crippen LogP contribution in [0, 0.1) is 0 Å². The van der Waals surface area contributed by atoms with Crippen LogP contribution in [0.25, 0.3) is 0 Å². The minimum atomic E-state index is -0.152. The molecule has 0 bridgehead atoms. The first-order valence-corrected chi connectivity index (χ1v) is 6.88. The highest BCUT2D eigenvalue weighted by Gasteiger charge is 2.18. The van der Waals surface area contributed by atoms with E-state index in [-0.39, 0.29) is 11.3 Å². The Hall–Kier alpha value is -2.37. The number of aromatic nitrogens is 3. The molecule has 21 heavy (non-hydrogen) atoms. The Balaban J connectivity index is 2.03. The van der Waals surface area contributed by atoms with Crippen LogP contribution in [0.3, 0.4) is 0 Å². The van der Waals surface area contributed by atoms with Crippen LogP contribution in [0.4, 0.5) is 5.82 Å². The Bertz CT molecular complexity index is 613. The molecule has 2 aromatic heterocycles. The van der Waals surface area contributed by atoms with Crippen molar-refractivity contribution in [2.75, 3.05) is 12.3 Å². The summed E-state index contributed by atoms with van der Waals surface area (Å²) in [5.74, 6) is 0.219. The predicted octanol–water partition coefficient (Wildman–Crippen LogP) is 1.59. The van der Waals surface area contributed by atoms with Gasteiger partial charge in [-0.15, -0.1) is 0 Å². The SMILES string of the molecule is CC(C)(C)c1cc(C(=O)NCCn2ccnc2)cc(N)n1. The van der Waals surface area contributed by atoms with E-state index in [4.69, 9.17) is 5.73 Å². The molecular weight excluding hydrogens is 266 g/mol. The Labute approximate surface area is 124 Å². The van der Waals surface area contributed by atoms with Crippen LogP contribution in [0.15, 0.2) is 30.9 Å². The van der Waals surface area contributed by atoms with E-state index in [1.807, 2.05) is 31.5 Å². The van der Waals surface area contributed by atoms with Crippen LogP contribution in [-0.2, 0) is 12.0 Å². The number of nitrogens with two attached hydrogens (primary N) is 1. The molecule has 0 spiro atoms. The minimum Gasteiger partial charge on any atom is -0.384 e. The van der Waals surface area contributed by atoms with Crippen molar-refractivity contribution in [3.8, 4) is 0 Å². The largest absolute Gasteiger partial charge is 0.384 e. The van der Waals surface area contributed by atoms with E-state index in [1.165, 1.54) is 0 Å². The van der Waals surface area contributed by atoms with E-state index in [9.17, 15) is 4.79 Å². The molecule has 0 saturated heterocycles. The van der Waals surface area contributed by atoms with Gasteiger partial charge in [-0.25, -0.2) is 9.97 Å². The number of carbonyl (C=O) groups is 1. The molecule has 0 aromatic carbocycles. The van der Waals surface area contributed by atoms with E-state index < -0.39 is 0 Å². The van der Waals surface area contributed by atoms with Crippen molar-refractivity contribution in [2.45, 2.75) is 32.7 Å². The maximum absolute atomic E-state index is 12.2. The molecule has 0 atom stereocenters. The summed E-state index contributed by atoms with van der Waals surface area (Å²) in [5.41, 5.74) is 6.99. The summed E-state index contributed by atoms with van der Waals surface area (Å²) < 4.78 is 1.90. The fourth-order valence-corrected chi connectivity index (χ4v) is 1.89. The lowest BCUT2D eigenvalue weighted by atomic mass is 9.90. The highest BCUT2D eigenvalue weighted by Crippen LogP contribution is 2.22. The van der Waals surface area contributed by atoms with Crippen molar-refractivity contribution in [3.05, 3.63) is 42.1 Å². The lowest BCUT2D eigenvalue weighted by Gasteiger charge is -2.19. The van der Waals surface area contributed by atoms with Crippen molar-refractivity contribution in [2.24, 2.45) is 0 Å². The zero-order valence-electron chi connectivity index (χ0n) is 12.6. The van der Waals surface area contributed by atoms with Crippen LogP contribution in [0.2, 0.25) is 0 Å². The second-order valence-electron chi connectivity index (χ2n) is 5.97. The molecule has 0 aliphatic heterocycles. The van der Waals surface area contributed by atoms with Gasteiger partial charge in [0.05, 0.1) is 6.33 Å². The molecule has 0 unspecified atom stereocenters. The Kier molecular flexibility index (Phi) is 4.26. The molecule has 112 valence electrons. The first-order valence-electron chi connectivity index (χ1n) is 6.88. The topological polar surface area (TPSA) is 85.8 Å². The summed E-state index contributed by atoms with van der Waals surface area (Å²) >= 11 is 0. The summed E-state index contributed by atoms with van der Waals surface area (Å²) in [6, 6.07) is 3.39. The van der Waals surface area contributed by atoms with Gasteiger partial charge in [0.25, 0.3) is 5.91 Å². The third-order valence-electron chi connectivity index (χ3n) is 3.09. The van der Waals surface area contributed by atoms with Gasteiger partial charge in [-0.1, -0.05) is 20.8 Å². The molecule has 2 rings (SSSR count). The number of amides is 1. The second-order valence-corrected chi connectivity index (χ2v) is 5.97. The van der Waals surface area contributed by atoms with Gasteiger partial charge in [-0.2, -0.15) is 0 Å². The number of rotatable bonds is 4. The highest BCUT2D eigenvalue weighted by molar-refractivity contribution is 5.94. The number of pyridine rings is 1. The molecule has 2 heterocycles. The van der Waals surface area contributed by atoms with E-state index in [0.717, 1.165) is 5.69 Å². The molecule has 0 fully saturated rings. The maximum Gasteiger partial charge on any atom is 0.251 e. The number of nitrogens with one attached hydrogen (secondary N) is 1. The van der Waals surface area contributed by atoms with Crippen LogP contribution in [-0.4, -0.2) is 27.0 Å². The van der Waals surface area contributed by atoms with E-state index in [1.54, 1.807) is 24.7 Å². The molecule has 0 saturated carbocycles. The Morgan fingerprint density at radius 1 is 1.38 bits per heavy atom. The standard InChI is InChI=1S/C15H21N5O/c1-15(2,3)12-8-11(9-13(16)19-12)14(21)18-5-7-20-6-4-17-10-20/h4,6,8-10H,5,7H2,1-3H3,(H2,16,19)(H,18,21). The average molecular weight is 287 g/mol. The number of anilines is 1. The molecule has 6 nitrogen and oxygen atoms in total. The van der Waals surface area contributed by atoms with Crippen molar-refractivity contribution in [3.63, 3.8) is 0 Å². The minimum absolute atomic E-state index is 0.144. The zero-order valence-corrected chi connectivity index (χ0v) is 12.6. The molecular formula is C15H21N5O. The second kappa shape index (κ2) is 5.95. The van der Waals surface area contributed by atoms with Crippen LogP contribution in [0.5, 0.6) is 0 Å². The van der Waals surface area contributed by atoms with E-state index in [0.29, 0.717) is 24.5 Å².